The standard InChI is InChI=1S/C26H23N3O2S/c30-16-19-14-21(15-27-19)31-20-8-6-17(7-9-20)24-28-22-10-11-23(29-25(22)32-24)26(12-13-26)18-4-2-1-3-5-18/h1-11,16,19,21,27H,12-15H2/t19-,21+/m0/s1. The number of ether oxygens (including phenoxy) is 1. The number of nitrogens with zero attached hydrogens (tertiary/aromatic N) is 2. The molecule has 2 aliphatic rings. The van der Waals surface area contributed by atoms with Crippen molar-refractivity contribution in [2.75, 3.05) is 6.54 Å². The summed E-state index contributed by atoms with van der Waals surface area (Å²) in [6, 6.07) is 22.9. The number of aldehydes is 1. The Hall–Kier alpha value is -3.09. The van der Waals surface area contributed by atoms with Crippen molar-refractivity contribution in [2.45, 2.75) is 36.8 Å². The molecular weight excluding hydrogens is 418 g/mol. The highest BCUT2D eigenvalue weighted by Crippen LogP contribution is 2.53. The van der Waals surface area contributed by atoms with Crippen molar-refractivity contribution in [1.82, 2.24) is 15.3 Å². The van der Waals surface area contributed by atoms with Gasteiger partial charge in [0.15, 0.2) is 0 Å². The zero-order chi connectivity index (χ0) is 21.5. The van der Waals surface area contributed by atoms with Crippen molar-refractivity contribution in [2.24, 2.45) is 0 Å². The monoisotopic (exact) mass is 441 g/mol. The van der Waals surface area contributed by atoms with E-state index in [0.29, 0.717) is 13.0 Å². The molecule has 1 N–H and O–H groups in total. The Labute approximate surface area is 190 Å². The van der Waals surface area contributed by atoms with Gasteiger partial charge in [-0.3, -0.25) is 0 Å². The van der Waals surface area contributed by atoms with Crippen molar-refractivity contribution in [1.29, 1.82) is 0 Å². The Morgan fingerprint density at radius 3 is 2.53 bits per heavy atom. The van der Waals surface area contributed by atoms with Gasteiger partial charge in [0.25, 0.3) is 0 Å². The van der Waals surface area contributed by atoms with Gasteiger partial charge < -0.3 is 14.8 Å². The van der Waals surface area contributed by atoms with E-state index in [2.05, 4.69) is 47.8 Å². The molecule has 0 radical (unpaired) electrons. The summed E-state index contributed by atoms with van der Waals surface area (Å²) in [7, 11) is 0. The summed E-state index contributed by atoms with van der Waals surface area (Å²) < 4.78 is 6.01. The van der Waals surface area contributed by atoms with Gasteiger partial charge in [-0.05, 0) is 54.8 Å². The maximum atomic E-state index is 10.9. The number of aromatic nitrogens is 2. The van der Waals surface area contributed by atoms with Crippen LogP contribution in [0.2, 0.25) is 0 Å². The molecule has 0 unspecified atom stereocenters. The van der Waals surface area contributed by atoms with Crippen LogP contribution in [-0.2, 0) is 10.2 Å². The highest BCUT2D eigenvalue weighted by atomic mass is 32.1. The van der Waals surface area contributed by atoms with Crippen LogP contribution < -0.4 is 10.1 Å². The number of thiazole rings is 1. The van der Waals surface area contributed by atoms with Crippen LogP contribution in [0.3, 0.4) is 0 Å². The van der Waals surface area contributed by atoms with Crippen LogP contribution in [0.15, 0.2) is 66.7 Å². The lowest BCUT2D eigenvalue weighted by Crippen LogP contribution is -2.22. The fourth-order valence-electron chi connectivity index (χ4n) is 4.58. The number of carbonyl (C=O) groups excluding carboxylic acids is 1. The minimum Gasteiger partial charge on any atom is -0.489 e. The topological polar surface area (TPSA) is 64.1 Å². The van der Waals surface area contributed by atoms with E-state index in [1.54, 1.807) is 11.3 Å². The van der Waals surface area contributed by atoms with Crippen LogP contribution in [0, 0.1) is 0 Å². The Balaban J connectivity index is 1.23. The molecule has 4 aromatic rings. The molecule has 1 aliphatic heterocycles. The normalized spacial score (nSPS) is 21.5. The molecule has 6 rings (SSSR count). The van der Waals surface area contributed by atoms with Crippen LogP contribution in [-0.4, -0.2) is 34.9 Å². The molecule has 2 aromatic carbocycles. The van der Waals surface area contributed by atoms with Crippen molar-refractivity contribution in [3.63, 3.8) is 0 Å². The van der Waals surface area contributed by atoms with Gasteiger partial charge in [-0.1, -0.05) is 41.7 Å². The molecule has 1 saturated carbocycles. The minimum absolute atomic E-state index is 0.0282. The molecule has 32 heavy (non-hydrogen) atoms. The highest BCUT2D eigenvalue weighted by Gasteiger charge is 2.47. The Kier molecular flexibility index (Phi) is 4.77. The number of pyridine rings is 1. The van der Waals surface area contributed by atoms with Gasteiger partial charge in [-0.25, -0.2) is 9.97 Å². The van der Waals surface area contributed by atoms with Crippen LogP contribution in [0.4, 0.5) is 0 Å². The number of benzene rings is 2. The second-order valence-corrected chi connectivity index (χ2v) is 9.62. The third kappa shape index (κ3) is 3.49. The van der Waals surface area contributed by atoms with E-state index < -0.39 is 0 Å². The molecule has 2 atom stereocenters. The van der Waals surface area contributed by atoms with Gasteiger partial charge >= 0.3 is 0 Å². The first kappa shape index (κ1) is 19.6. The zero-order valence-electron chi connectivity index (χ0n) is 17.5. The molecule has 3 heterocycles. The van der Waals surface area contributed by atoms with Crippen LogP contribution in [0.5, 0.6) is 5.75 Å². The van der Waals surface area contributed by atoms with Crippen LogP contribution >= 0.6 is 11.3 Å². The summed E-state index contributed by atoms with van der Waals surface area (Å²) in [4.78, 5) is 21.7. The molecule has 6 heteroatoms. The molecule has 2 aromatic heterocycles. The molecule has 1 aliphatic carbocycles. The number of nitrogens with one attached hydrogen (secondary N) is 1. The quantitative estimate of drug-likeness (QED) is 0.438. The van der Waals surface area contributed by atoms with Gasteiger partial charge in [0.2, 0.25) is 0 Å². The highest BCUT2D eigenvalue weighted by molar-refractivity contribution is 7.21. The lowest BCUT2D eigenvalue weighted by Gasteiger charge is -2.14. The number of fused-ring (bicyclic) bond motifs is 1. The van der Waals surface area contributed by atoms with E-state index in [1.807, 2.05) is 24.3 Å². The molecular formula is C26H23N3O2S. The Morgan fingerprint density at radius 1 is 1.00 bits per heavy atom. The lowest BCUT2D eigenvalue weighted by molar-refractivity contribution is -0.109. The number of hydrogen-bond donors (Lipinski definition) is 1. The van der Waals surface area contributed by atoms with Gasteiger partial charge in [0.05, 0.1) is 11.7 Å². The Bertz CT molecular complexity index is 1270. The smallest absolute Gasteiger partial charge is 0.144 e. The fraction of sp³-hybridized carbons (Fsp3) is 0.269. The number of rotatable bonds is 6. The SMILES string of the molecule is O=C[C@@H]1C[C@@H](Oc2ccc(-c3nc4ccc(C5(c6ccccc6)CC5)nc4s3)cc2)CN1. The van der Waals surface area contributed by atoms with E-state index in [4.69, 9.17) is 14.7 Å². The van der Waals surface area contributed by atoms with Gasteiger partial charge in [0, 0.05) is 23.9 Å². The number of hydrogen-bond acceptors (Lipinski definition) is 6. The van der Waals surface area contributed by atoms with Crippen molar-refractivity contribution < 1.29 is 9.53 Å². The predicted molar refractivity (Wildman–Crippen MR) is 126 cm³/mol. The maximum absolute atomic E-state index is 10.9. The van der Waals surface area contributed by atoms with Crippen molar-refractivity contribution >= 4 is 28.0 Å². The van der Waals surface area contributed by atoms with E-state index >= 15 is 0 Å². The van der Waals surface area contributed by atoms with E-state index in [9.17, 15) is 4.79 Å². The molecule has 2 fully saturated rings. The first-order valence-corrected chi connectivity index (χ1v) is 11.8. The predicted octanol–water partition coefficient (Wildman–Crippen LogP) is 4.75. The minimum atomic E-state index is -0.101. The average Bonchev–Trinajstić information content (AvgIpc) is 3.34. The summed E-state index contributed by atoms with van der Waals surface area (Å²) in [5, 5.41) is 4.11. The van der Waals surface area contributed by atoms with E-state index in [1.165, 1.54) is 5.56 Å². The van der Waals surface area contributed by atoms with Gasteiger partial charge in [-0.2, -0.15) is 0 Å². The maximum Gasteiger partial charge on any atom is 0.144 e. The Morgan fingerprint density at radius 2 is 1.81 bits per heavy atom. The van der Waals surface area contributed by atoms with Crippen LogP contribution in [0.25, 0.3) is 20.9 Å². The second-order valence-electron chi connectivity index (χ2n) is 8.64. The molecule has 1 saturated heterocycles. The first-order chi connectivity index (χ1) is 15.7. The van der Waals surface area contributed by atoms with Crippen molar-refractivity contribution in [3.05, 3.63) is 78.0 Å². The van der Waals surface area contributed by atoms with Crippen molar-refractivity contribution in [3.8, 4) is 16.3 Å². The van der Waals surface area contributed by atoms with Gasteiger partial charge in [-0.15, -0.1) is 0 Å². The summed E-state index contributed by atoms with van der Waals surface area (Å²) in [5.74, 6) is 0.812. The lowest BCUT2D eigenvalue weighted by atomic mass is 9.92. The average molecular weight is 442 g/mol. The van der Waals surface area contributed by atoms with Crippen LogP contribution in [0.1, 0.15) is 30.5 Å². The summed E-state index contributed by atoms with van der Waals surface area (Å²) in [5.41, 5.74) is 4.56. The molecule has 0 amide bonds. The summed E-state index contributed by atoms with van der Waals surface area (Å²) >= 11 is 1.63. The van der Waals surface area contributed by atoms with E-state index in [0.717, 1.165) is 51.5 Å². The number of carbonyl (C=O) groups is 1. The molecule has 5 nitrogen and oxygen atoms in total. The molecule has 0 bridgehead atoms. The zero-order valence-corrected chi connectivity index (χ0v) is 18.3. The van der Waals surface area contributed by atoms with Gasteiger partial charge in [0.1, 0.15) is 33.5 Å². The largest absolute Gasteiger partial charge is 0.489 e. The van der Waals surface area contributed by atoms with E-state index in [-0.39, 0.29) is 17.6 Å². The fourth-order valence-corrected chi connectivity index (χ4v) is 5.52. The first-order valence-electron chi connectivity index (χ1n) is 11.0. The molecule has 160 valence electrons. The second kappa shape index (κ2) is 7.80. The molecule has 0 spiro atoms. The summed E-state index contributed by atoms with van der Waals surface area (Å²) in [6.07, 6.45) is 3.98. The summed E-state index contributed by atoms with van der Waals surface area (Å²) in [6.45, 7) is 0.696. The third-order valence-electron chi connectivity index (χ3n) is 6.52. The third-order valence-corrected chi connectivity index (χ3v) is 7.53.